The Morgan fingerprint density at radius 1 is 1.56 bits per heavy atom. The lowest BCUT2D eigenvalue weighted by molar-refractivity contribution is -0.138. The summed E-state index contributed by atoms with van der Waals surface area (Å²) in [4.78, 5) is 13.9. The van der Waals surface area contributed by atoms with Crippen LogP contribution in [0.15, 0.2) is 21.2 Å². The third kappa shape index (κ3) is 2.78. The molecule has 0 radical (unpaired) electrons. The summed E-state index contributed by atoms with van der Waals surface area (Å²) in [5, 5.41) is 0. The largest absolute Gasteiger partial charge is 0.452 e. The van der Waals surface area contributed by atoms with Gasteiger partial charge in [0.15, 0.2) is 4.67 Å². The molecule has 1 aliphatic heterocycles. The molecule has 100 valence electrons. The standard InChI is InChI=1S/C13H19BrN2O2/c1-8(2)7-16-12(17)6-3-9(15)13(16)10-4-5-11(14)18-10/h4-5,8-9,13H,3,6-7,15H2,1-2H3. The van der Waals surface area contributed by atoms with Crippen LogP contribution in [-0.2, 0) is 4.79 Å². The van der Waals surface area contributed by atoms with Gasteiger partial charge in [0.2, 0.25) is 5.91 Å². The molecule has 2 N–H and O–H groups in total. The smallest absolute Gasteiger partial charge is 0.223 e. The Balaban J connectivity index is 2.28. The van der Waals surface area contributed by atoms with Crippen LogP contribution in [0, 0.1) is 5.92 Å². The van der Waals surface area contributed by atoms with Crippen molar-refractivity contribution in [2.45, 2.75) is 38.8 Å². The molecule has 0 bridgehead atoms. The minimum atomic E-state index is -0.139. The van der Waals surface area contributed by atoms with Gasteiger partial charge in [0.05, 0.1) is 0 Å². The number of rotatable bonds is 3. The van der Waals surface area contributed by atoms with Gasteiger partial charge in [0.1, 0.15) is 11.8 Å². The van der Waals surface area contributed by atoms with Gasteiger partial charge in [-0.1, -0.05) is 13.8 Å². The van der Waals surface area contributed by atoms with Crippen molar-refractivity contribution in [1.82, 2.24) is 4.90 Å². The molecular weight excluding hydrogens is 296 g/mol. The molecule has 5 heteroatoms. The van der Waals surface area contributed by atoms with Gasteiger partial charge in [-0.15, -0.1) is 0 Å². The van der Waals surface area contributed by atoms with E-state index in [2.05, 4.69) is 29.8 Å². The van der Waals surface area contributed by atoms with E-state index in [-0.39, 0.29) is 18.0 Å². The summed E-state index contributed by atoms with van der Waals surface area (Å²) in [5.74, 6) is 1.35. The molecule has 1 aliphatic rings. The lowest BCUT2D eigenvalue weighted by Gasteiger charge is -2.39. The third-order valence-electron chi connectivity index (χ3n) is 3.20. The quantitative estimate of drug-likeness (QED) is 0.933. The minimum absolute atomic E-state index is 0.0560. The number of hydrogen-bond acceptors (Lipinski definition) is 3. The van der Waals surface area contributed by atoms with Crippen LogP contribution in [-0.4, -0.2) is 23.4 Å². The highest BCUT2D eigenvalue weighted by Crippen LogP contribution is 2.33. The van der Waals surface area contributed by atoms with E-state index in [0.717, 1.165) is 18.7 Å². The first kappa shape index (κ1) is 13.6. The number of carbonyl (C=O) groups is 1. The first-order valence-corrected chi connectivity index (χ1v) is 7.08. The Kier molecular flexibility index (Phi) is 4.12. The maximum Gasteiger partial charge on any atom is 0.223 e. The Hall–Kier alpha value is -0.810. The molecule has 2 atom stereocenters. The average Bonchev–Trinajstić information content (AvgIpc) is 2.70. The Morgan fingerprint density at radius 3 is 2.83 bits per heavy atom. The van der Waals surface area contributed by atoms with Crippen LogP contribution in [0.2, 0.25) is 0 Å². The summed E-state index contributed by atoms with van der Waals surface area (Å²) in [6, 6.07) is 3.54. The molecule has 0 spiro atoms. The van der Waals surface area contributed by atoms with E-state index in [1.165, 1.54) is 0 Å². The zero-order valence-electron chi connectivity index (χ0n) is 10.7. The van der Waals surface area contributed by atoms with E-state index in [9.17, 15) is 4.79 Å². The molecule has 2 heterocycles. The second-order valence-corrected chi connectivity index (χ2v) is 6.01. The Bertz CT molecular complexity index is 430. The van der Waals surface area contributed by atoms with E-state index >= 15 is 0 Å². The maximum absolute atomic E-state index is 12.1. The highest BCUT2D eigenvalue weighted by Gasteiger charge is 2.36. The molecule has 0 aliphatic carbocycles. The highest BCUT2D eigenvalue weighted by molar-refractivity contribution is 9.10. The van der Waals surface area contributed by atoms with Crippen LogP contribution in [0.25, 0.3) is 0 Å². The van der Waals surface area contributed by atoms with Crippen molar-refractivity contribution < 1.29 is 9.21 Å². The van der Waals surface area contributed by atoms with Gasteiger partial charge in [-0.05, 0) is 40.4 Å². The van der Waals surface area contributed by atoms with Crippen molar-refractivity contribution >= 4 is 21.8 Å². The van der Waals surface area contributed by atoms with E-state index < -0.39 is 0 Å². The molecule has 0 saturated carbocycles. The maximum atomic E-state index is 12.1. The zero-order chi connectivity index (χ0) is 13.3. The van der Waals surface area contributed by atoms with Crippen molar-refractivity contribution in [1.29, 1.82) is 0 Å². The van der Waals surface area contributed by atoms with Crippen molar-refractivity contribution in [3.63, 3.8) is 0 Å². The van der Waals surface area contributed by atoms with E-state index in [1.54, 1.807) is 0 Å². The van der Waals surface area contributed by atoms with Gasteiger partial charge in [0, 0.05) is 19.0 Å². The summed E-state index contributed by atoms with van der Waals surface area (Å²) in [6.45, 7) is 4.92. The van der Waals surface area contributed by atoms with E-state index in [4.69, 9.17) is 10.2 Å². The number of nitrogens with two attached hydrogens (primary N) is 1. The predicted octanol–water partition coefficient (Wildman–Crippen LogP) is 2.69. The second kappa shape index (κ2) is 5.45. The van der Waals surface area contributed by atoms with Crippen molar-refractivity contribution in [3.8, 4) is 0 Å². The van der Waals surface area contributed by atoms with Crippen molar-refractivity contribution in [3.05, 3.63) is 22.6 Å². The van der Waals surface area contributed by atoms with Crippen molar-refractivity contribution in [2.24, 2.45) is 11.7 Å². The van der Waals surface area contributed by atoms with Crippen LogP contribution in [0.5, 0.6) is 0 Å². The normalized spacial score (nSPS) is 24.9. The monoisotopic (exact) mass is 314 g/mol. The molecule has 1 amide bonds. The molecule has 4 nitrogen and oxygen atoms in total. The van der Waals surface area contributed by atoms with E-state index in [0.29, 0.717) is 17.0 Å². The number of halogens is 1. The molecule has 2 unspecified atom stereocenters. The van der Waals surface area contributed by atoms with E-state index in [1.807, 2.05) is 17.0 Å². The molecule has 1 fully saturated rings. The molecule has 0 aromatic carbocycles. The first-order chi connectivity index (χ1) is 8.49. The molecule has 2 rings (SSSR count). The van der Waals surface area contributed by atoms with Crippen LogP contribution in [0.3, 0.4) is 0 Å². The second-order valence-electron chi connectivity index (χ2n) is 5.23. The van der Waals surface area contributed by atoms with Crippen LogP contribution in [0.4, 0.5) is 0 Å². The van der Waals surface area contributed by atoms with Gasteiger partial charge < -0.3 is 15.1 Å². The summed E-state index contributed by atoms with van der Waals surface area (Å²) in [6.07, 6.45) is 1.25. The summed E-state index contributed by atoms with van der Waals surface area (Å²) in [5.41, 5.74) is 6.18. The summed E-state index contributed by atoms with van der Waals surface area (Å²) in [7, 11) is 0. The highest BCUT2D eigenvalue weighted by atomic mass is 79.9. The minimum Gasteiger partial charge on any atom is -0.452 e. The topological polar surface area (TPSA) is 59.5 Å². The van der Waals surface area contributed by atoms with Gasteiger partial charge in [-0.3, -0.25) is 4.79 Å². The number of likely N-dealkylation sites (tertiary alicyclic amines) is 1. The molecule has 1 aromatic rings. The number of carbonyl (C=O) groups excluding carboxylic acids is 1. The van der Waals surface area contributed by atoms with Crippen LogP contribution in [0.1, 0.15) is 38.5 Å². The Labute approximate surface area is 116 Å². The average molecular weight is 315 g/mol. The van der Waals surface area contributed by atoms with Gasteiger partial charge in [0.25, 0.3) is 0 Å². The molecule has 1 aromatic heterocycles. The van der Waals surface area contributed by atoms with Crippen LogP contribution >= 0.6 is 15.9 Å². The lowest BCUT2D eigenvalue weighted by Crippen LogP contribution is -2.49. The number of piperidine rings is 1. The number of amides is 1. The van der Waals surface area contributed by atoms with Crippen molar-refractivity contribution in [2.75, 3.05) is 6.54 Å². The third-order valence-corrected chi connectivity index (χ3v) is 3.63. The predicted molar refractivity (Wildman–Crippen MR) is 72.9 cm³/mol. The van der Waals surface area contributed by atoms with Gasteiger partial charge in [-0.25, -0.2) is 0 Å². The van der Waals surface area contributed by atoms with Gasteiger partial charge >= 0.3 is 0 Å². The number of hydrogen-bond donors (Lipinski definition) is 1. The molecular formula is C13H19BrN2O2. The molecule has 18 heavy (non-hydrogen) atoms. The fraction of sp³-hybridized carbons (Fsp3) is 0.615. The lowest BCUT2D eigenvalue weighted by atomic mass is 9.93. The molecule has 1 saturated heterocycles. The number of nitrogens with zero attached hydrogens (tertiary/aromatic N) is 1. The first-order valence-electron chi connectivity index (χ1n) is 6.29. The van der Waals surface area contributed by atoms with Gasteiger partial charge in [-0.2, -0.15) is 0 Å². The Morgan fingerprint density at radius 2 is 2.28 bits per heavy atom. The SMILES string of the molecule is CC(C)CN1C(=O)CCC(N)C1c1ccc(Br)o1. The van der Waals surface area contributed by atoms with Crippen LogP contribution < -0.4 is 5.73 Å². The fourth-order valence-electron chi connectivity index (χ4n) is 2.44. The zero-order valence-corrected chi connectivity index (χ0v) is 12.3. The number of furan rings is 1. The fourth-order valence-corrected chi connectivity index (χ4v) is 2.76. The summed E-state index contributed by atoms with van der Waals surface area (Å²) >= 11 is 3.29. The summed E-state index contributed by atoms with van der Waals surface area (Å²) < 4.78 is 6.27.